The van der Waals surface area contributed by atoms with Gasteiger partial charge in [0.2, 0.25) is 0 Å². The van der Waals surface area contributed by atoms with Crippen molar-refractivity contribution in [1.29, 1.82) is 0 Å². The minimum absolute atomic E-state index is 0.106. The number of hydrogen-bond acceptors (Lipinski definition) is 15. The summed E-state index contributed by atoms with van der Waals surface area (Å²) < 4.78 is 67.9. The number of phosphoric acid groups is 2. The number of esters is 4. The van der Waals surface area contributed by atoms with E-state index in [1.165, 1.54) is 154 Å². The molecule has 3 N–H and O–H groups in total. The van der Waals surface area contributed by atoms with Crippen LogP contribution >= 0.6 is 15.6 Å². The van der Waals surface area contributed by atoms with Gasteiger partial charge in [0.1, 0.15) is 19.3 Å². The second kappa shape index (κ2) is 59.7. The van der Waals surface area contributed by atoms with Crippen LogP contribution in [-0.2, 0) is 65.4 Å². The molecule has 2 unspecified atom stereocenters. The summed E-state index contributed by atoms with van der Waals surface area (Å²) in [4.78, 5) is 72.1. The molecule has 0 rings (SSSR count). The first-order valence-electron chi connectivity index (χ1n) is 34.6. The van der Waals surface area contributed by atoms with Gasteiger partial charge in [0, 0.05) is 25.7 Å². The van der Waals surface area contributed by atoms with Crippen LogP contribution < -0.4 is 0 Å². The fraction of sp³-hybridized carbons (Fsp3) is 0.939. The van der Waals surface area contributed by atoms with E-state index in [1.807, 2.05) is 0 Å². The van der Waals surface area contributed by atoms with Gasteiger partial charge in [0.15, 0.2) is 12.2 Å². The molecule has 0 aliphatic rings. The minimum atomic E-state index is -4.95. The number of ether oxygens (including phenoxy) is 4. The van der Waals surface area contributed by atoms with Gasteiger partial charge in [-0.05, 0) is 31.6 Å². The Hall–Kier alpha value is -1.94. The molecule has 0 saturated heterocycles. The molecule has 19 heteroatoms. The summed E-state index contributed by atoms with van der Waals surface area (Å²) in [6, 6.07) is 0. The van der Waals surface area contributed by atoms with Crippen LogP contribution in [0.3, 0.4) is 0 Å². The normalized spacial score (nSPS) is 14.2. The lowest BCUT2D eigenvalue weighted by Crippen LogP contribution is -2.30. The van der Waals surface area contributed by atoms with Crippen LogP contribution in [0.15, 0.2) is 0 Å². The molecule has 0 aromatic heterocycles. The lowest BCUT2D eigenvalue weighted by atomic mass is 10.0. The number of unbranched alkanes of at least 4 members (excludes halogenated alkanes) is 38. The van der Waals surface area contributed by atoms with E-state index >= 15 is 0 Å². The Labute approximate surface area is 517 Å². The topological polar surface area (TPSA) is 237 Å². The van der Waals surface area contributed by atoms with Gasteiger partial charge >= 0.3 is 39.5 Å². The van der Waals surface area contributed by atoms with Gasteiger partial charge in [0.05, 0.1) is 26.4 Å². The molecule has 0 bridgehead atoms. The van der Waals surface area contributed by atoms with Crippen LogP contribution in [0.4, 0.5) is 0 Å². The maximum absolute atomic E-state index is 13.0. The van der Waals surface area contributed by atoms with Crippen molar-refractivity contribution < 1.29 is 80.2 Å². The highest BCUT2D eigenvalue weighted by Crippen LogP contribution is 2.45. The molecule has 0 spiro atoms. The summed E-state index contributed by atoms with van der Waals surface area (Å²) in [7, 11) is -9.88. The third-order valence-electron chi connectivity index (χ3n) is 15.3. The summed E-state index contributed by atoms with van der Waals surface area (Å²) >= 11 is 0. The number of carbonyl (C=O) groups excluding carboxylic acids is 4. The van der Waals surface area contributed by atoms with E-state index in [0.717, 1.165) is 102 Å². The van der Waals surface area contributed by atoms with E-state index in [-0.39, 0.29) is 25.7 Å². The van der Waals surface area contributed by atoms with E-state index < -0.39 is 97.5 Å². The zero-order valence-corrected chi connectivity index (χ0v) is 56.5. The van der Waals surface area contributed by atoms with Crippen LogP contribution in [0.2, 0.25) is 0 Å². The van der Waals surface area contributed by atoms with Crippen LogP contribution in [0.1, 0.15) is 336 Å². The maximum atomic E-state index is 13.0. The molecule has 0 heterocycles. The molecule has 0 radical (unpaired) electrons. The Bertz CT molecular complexity index is 1650. The third-order valence-corrected chi connectivity index (χ3v) is 17.2. The van der Waals surface area contributed by atoms with E-state index in [1.54, 1.807) is 0 Å². The van der Waals surface area contributed by atoms with E-state index in [0.29, 0.717) is 25.7 Å². The molecule has 0 saturated carbocycles. The highest BCUT2D eigenvalue weighted by molar-refractivity contribution is 7.47. The molecule has 85 heavy (non-hydrogen) atoms. The molecule has 5 atom stereocenters. The first-order chi connectivity index (χ1) is 41.0. The molecule has 0 aromatic carbocycles. The Kier molecular flexibility index (Phi) is 58.3. The highest BCUT2D eigenvalue weighted by atomic mass is 31.2. The fourth-order valence-electron chi connectivity index (χ4n) is 9.94. The van der Waals surface area contributed by atoms with E-state index in [9.17, 15) is 43.2 Å². The van der Waals surface area contributed by atoms with Crippen molar-refractivity contribution in [3.63, 3.8) is 0 Å². The third kappa shape index (κ3) is 60.7. The van der Waals surface area contributed by atoms with Crippen LogP contribution in [0.5, 0.6) is 0 Å². The zero-order valence-electron chi connectivity index (χ0n) is 54.7. The van der Waals surface area contributed by atoms with Gasteiger partial charge < -0.3 is 33.8 Å². The second-order valence-corrected chi connectivity index (χ2v) is 27.2. The van der Waals surface area contributed by atoms with Crippen molar-refractivity contribution in [1.82, 2.24) is 0 Å². The molecule has 0 aliphatic heterocycles. The van der Waals surface area contributed by atoms with Gasteiger partial charge in [-0.15, -0.1) is 0 Å². The number of aliphatic hydroxyl groups is 1. The van der Waals surface area contributed by atoms with Crippen molar-refractivity contribution >= 4 is 39.5 Å². The molecule has 0 amide bonds. The first-order valence-corrected chi connectivity index (χ1v) is 37.6. The Morgan fingerprint density at radius 2 is 0.541 bits per heavy atom. The van der Waals surface area contributed by atoms with Crippen molar-refractivity contribution in [2.75, 3.05) is 39.6 Å². The predicted octanol–water partition coefficient (Wildman–Crippen LogP) is 18.6. The monoisotopic (exact) mass is 1250 g/mol. The zero-order chi connectivity index (χ0) is 62.8. The second-order valence-electron chi connectivity index (χ2n) is 24.3. The van der Waals surface area contributed by atoms with Crippen molar-refractivity contribution in [3.05, 3.63) is 0 Å². The van der Waals surface area contributed by atoms with Gasteiger partial charge in [-0.1, -0.05) is 285 Å². The van der Waals surface area contributed by atoms with E-state index in [4.69, 9.17) is 37.0 Å². The lowest BCUT2D eigenvalue weighted by molar-refractivity contribution is -0.161. The van der Waals surface area contributed by atoms with Crippen molar-refractivity contribution in [3.8, 4) is 0 Å². The molecule has 0 aliphatic carbocycles. The lowest BCUT2D eigenvalue weighted by Gasteiger charge is -2.21. The summed E-state index contributed by atoms with van der Waals surface area (Å²) in [6.45, 7) is 7.13. The molecule has 17 nitrogen and oxygen atoms in total. The van der Waals surface area contributed by atoms with Gasteiger partial charge in [0.25, 0.3) is 0 Å². The van der Waals surface area contributed by atoms with Gasteiger partial charge in [-0.2, -0.15) is 0 Å². The van der Waals surface area contributed by atoms with Gasteiger partial charge in [-0.25, -0.2) is 9.13 Å². The van der Waals surface area contributed by atoms with Crippen molar-refractivity contribution in [2.45, 2.75) is 355 Å². The largest absolute Gasteiger partial charge is 0.472 e. The predicted molar refractivity (Wildman–Crippen MR) is 340 cm³/mol. The Morgan fingerprint density at radius 3 is 0.800 bits per heavy atom. The maximum Gasteiger partial charge on any atom is 0.472 e. The highest BCUT2D eigenvalue weighted by Gasteiger charge is 2.30. The van der Waals surface area contributed by atoms with E-state index in [2.05, 4.69) is 34.6 Å². The SMILES string of the molecule is CCCCCCCCCCCCCCCCCC(=O)O[C@H](COC(=O)CCCCCCCCCCCCC(C)C)COP(=O)(O)OC[C@@H](O)COP(=O)(O)OC[C@@H](COC(=O)CCCCCCC)OC(=O)CCCCCCCCCCCCCC. The van der Waals surface area contributed by atoms with Crippen molar-refractivity contribution in [2.24, 2.45) is 5.92 Å². The van der Waals surface area contributed by atoms with Crippen LogP contribution in [0, 0.1) is 5.92 Å². The average Bonchev–Trinajstić information content (AvgIpc) is 3.55. The van der Waals surface area contributed by atoms with Crippen LogP contribution in [-0.4, -0.2) is 96.7 Å². The minimum Gasteiger partial charge on any atom is -0.462 e. The quantitative estimate of drug-likeness (QED) is 0.0222. The molecule has 0 aromatic rings. The molecule has 504 valence electrons. The smallest absolute Gasteiger partial charge is 0.462 e. The number of rotatable bonds is 66. The number of aliphatic hydroxyl groups excluding tert-OH is 1. The van der Waals surface area contributed by atoms with Gasteiger partial charge in [-0.3, -0.25) is 37.3 Å². The number of carbonyl (C=O) groups is 4. The molecular formula is C66H128O17P2. The average molecular weight is 1260 g/mol. The summed E-state index contributed by atoms with van der Waals surface area (Å²) in [5.74, 6) is -1.38. The fourth-order valence-corrected chi connectivity index (χ4v) is 11.5. The summed E-state index contributed by atoms with van der Waals surface area (Å²) in [5, 5.41) is 10.5. The number of phosphoric ester groups is 2. The van der Waals surface area contributed by atoms with Crippen LogP contribution in [0.25, 0.3) is 0 Å². The molecule has 0 fully saturated rings. The summed E-state index contributed by atoms with van der Waals surface area (Å²) in [6.07, 6.45) is 44.7. The first kappa shape index (κ1) is 83.1. The number of hydrogen-bond donors (Lipinski definition) is 3. The summed E-state index contributed by atoms with van der Waals surface area (Å²) in [5.41, 5.74) is 0. The standard InChI is InChI=1S/C66H128O17P2/c1-6-9-12-15-17-19-21-23-24-25-27-33-37-42-47-52-66(71)83-62(56-77-64(69)50-45-40-35-31-29-28-30-34-39-43-48-59(4)5)58-81-85(74,75)79-54-60(67)53-78-84(72,73)80-57-61(55-76-63(68)49-44-38-14-11-8-3)82-65(70)51-46-41-36-32-26-22-20-18-16-13-10-7-2/h59-62,67H,6-58H2,1-5H3,(H,72,73)(H,74,75)/t60-,61+,62+/m0/s1. The Balaban J connectivity index is 5.17. The molecular weight excluding hydrogens is 1130 g/mol. The Morgan fingerprint density at radius 1 is 0.318 bits per heavy atom.